The third-order valence-corrected chi connectivity index (χ3v) is 7.91. The zero-order chi connectivity index (χ0) is 20.1. The molecule has 0 aliphatic carbocycles. The zero-order valence-corrected chi connectivity index (χ0v) is 18.6. The number of nitrogens with one attached hydrogen (secondary N) is 2. The number of halogens is 1. The molecule has 1 aliphatic heterocycles. The molecule has 0 amide bonds. The van der Waals surface area contributed by atoms with Crippen molar-refractivity contribution in [2.75, 3.05) is 13.1 Å². The summed E-state index contributed by atoms with van der Waals surface area (Å²) in [4.78, 5) is 0. The van der Waals surface area contributed by atoms with Crippen molar-refractivity contribution in [3.8, 4) is 11.1 Å². The lowest BCUT2D eigenvalue weighted by molar-refractivity contribution is 0.308. The Kier molecular flexibility index (Phi) is 7.32. The van der Waals surface area contributed by atoms with Crippen LogP contribution in [0.2, 0.25) is 5.02 Å². The minimum absolute atomic E-state index is 0.0561. The molecule has 0 spiro atoms. The highest BCUT2D eigenvalue weighted by molar-refractivity contribution is 7.84. The molecule has 3 rings (SSSR count). The first-order valence-electron chi connectivity index (χ1n) is 10.2. The van der Waals surface area contributed by atoms with Gasteiger partial charge in [-0.05, 0) is 80.9 Å². The molecule has 28 heavy (non-hydrogen) atoms. The van der Waals surface area contributed by atoms with E-state index in [-0.39, 0.29) is 10.8 Å². The fourth-order valence-electron chi connectivity index (χ4n) is 3.66. The van der Waals surface area contributed by atoms with Gasteiger partial charge in [-0.15, -0.1) is 0 Å². The van der Waals surface area contributed by atoms with Gasteiger partial charge in [-0.1, -0.05) is 54.9 Å². The first kappa shape index (κ1) is 21.5. The summed E-state index contributed by atoms with van der Waals surface area (Å²) in [5, 5.41) is 4.19. The molecule has 2 N–H and O–H groups in total. The molecule has 0 radical (unpaired) electrons. The summed E-state index contributed by atoms with van der Waals surface area (Å²) >= 11 is 6.10. The van der Waals surface area contributed by atoms with Crippen LogP contribution in [-0.4, -0.2) is 22.0 Å². The van der Waals surface area contributed by atoms with Crippen LogP contribution in [0.25, 0.3) is 11.1 Å². The fraction of sp³-hybridized carbons (Fsp3) is 0.478. The van der Waals surface area contributed by atoms with E-state index in [1.54, 1.807) is 0 Å². The summed E-state index contributed by atoms with van der Waals surface area (Å²) in [6.45, 7) is 8.26. The van der Waals surface area contributed by atoms with Crippen LogP contribution in [0.5, 0.6) is 0 Å². The molecule has 2 aromatic carbocycles. The predicted molar refractivity (Wildman–Crippen MR) is 121 cm³/mol. The average Bonchev–Trinajstić information content (AvgIpc) is 2.73. The monoisotopic (exact) mass is 418 g/mol. The lowest BCUT2D eigenvalue weighted by atomic mass is 9.83. The van der Waals surface area contributed by atoms with Crippen LogP contribution in [0.3, 0.4) is 0 Å². The zero-order valence-electron chi connectivity index (χ0n) is 17.0. The number of hydrogen-bond acceptors (Lipinski definition) is 2. The van der Waals surface area contributed by atoms with Gasteiger partial charge in [0.15, 0.2) is 0 Å². The summed E-state index contributed by atoms with van der Waals surface area (Å²) in [7, 11) is -1.12. The van der Waals surface area contributed by atoms with Crippen LogP contribution >= 0.6 is 11.6 Å². The number of benzene rings is 2. The first-order chi connectivity index (χ1) is 13.4. The summed E-state index contributed by atoms with van der Waals surface area (Å²) in [5.74, 6) is 0.450. The van der Waals surface area contributed by atoms with Crippen molar-refractivity contribution in [3.63, 3.8) is 0 Å². The topological polar surface area (TPSA) is 41.1 Å². The van der Waals surface area contributed by atoms with Crippen LogP contribution in [0.1, 0.15) is 51.6 Å². The van der Waals surface area contributed by atoms with Crippen molar-refractivity contribution >= 4 is 22.6 Å². The molecule has 2 aromatic rings. The standard InChI is InChI=1S/C23H31ClN2OS/c1-4-23(2,3)28(27)26-22(18-13-15-25-16-14-18)21-8-6-5-7-20(21)17-9-11-19(24)12-10-17/h5-12,18,22,25-26H,4,13-16H2,1-3H3/t22-,28?/m0/s1. The van der Waals surface area contributed by atoms with E-state index in [1.807, 2.05) is 12.1 Å². The third-order valence-electron chi connectivity index (χ3n) is 5.89. The minimum atomic E-state index is -1.12. The van der Waals surface area contributed by atoms with E-state index in [9.17, 15) is 4.21 Å². The number of hydrogen-bond donors (Lipinski definition) is 2. The fourth-order valence-corrected chi connectivity index (χ4v) is 4.91. The minimum Gasteiger partial charge on any atom is -0.317 e. The highest BCUT2D eigenvalue weighted by Gasteiger charge is 2.32. The van der Waals surface area contributed by atoms with Gasteiger partial charge in [-0.2, -0.15) is 0 Å². The Morgan fingerprint density at radius 1 is 1.14 bits per heavy atom. The van der Waals surface area contributed by atoms with Gasteiger partial charge < -0.3 is 5.32 Å². The van der Waals surface area contributed by atoms with Gasteiger partial charge in [-0.3, -0.25) is 0 Å². The maximum atomic E-state index is 13.2. The highest BCUT2D eigenvalue weighted by atomic mass is 35.5. The molecular formula is C23H31ClN2OS. The van der Waals surface area contributed by atoms with Crippen molar-refractivity contribution in [2.45, 2.75) is 50.8 Å². The van der Waals surface area contributed by atoms with E-state index in [4.69, 9.17) is 11.6 Å². The normalized spacial score (nSPS) is 18.0. The van der Waals surface area contributed by atoms with Crippen LogP contribution in [0.4, 0.5) is 0 Å². The molecule has 0 saturated carbocycles. The first-order valence-corrected chi connectivity index (χ1v) is 11.7. The van der Waals surface area contributed by atoms with Crippen molar-refractivity contribution in [2.24, 2.45) is 5.92 Å². The molecule has 152 valence electrons. The Hall–Kier alpha value is -1.20. The Morgan fingerprint density at radius 2 is 1.79 bits per heavy atom. The molecule has 2 atom stereocenters. The van der Waals surface area contributed by atoms with Gasteiger partial charge >= 0.3 is 0 Å². The van der Waals surface area contributed by atoms with Crippen molar-refractivity contribution in [3.05, 3.63) is 59.1 Å². The van der Waals surface area contributed by atoms with E-state index in [1.165, 1.54) is 11.1 Å². The molecule has 0 aromatic heterocycles. The smallest absolute Gasteiger partial charge is 0.0978 e. The number of rotatable bonds is 7. The maximum absolute atomic E-state index is 13.2. The van der Waals surface area contributed by atoms with E-state index in [0.717, 1.165) is 42.9 Å². The highest BCUT2D eigenvalue weighted by Crippen LogP contribution is 2.36. The van der Waals surface area contributed by atoms with Gasteiger partial charge in [0, 0.05) is 11.1 Å². The van der Waals surface area contributed by atoms with Crippen molar-refractivity contribution in [1.29, 1.82) is 0 Å². The molecule has 0 bridgehead atoms. The second-order valence-corrected chi connectivity index (χ2v) is 10.5. The average molecular weight is 419 g/mol. The largest absolute Gasteiger partial charge is 0.317 e. The summed E-state index contributed by atoms with van der Waals surface area (Å²) in [6, 6.07) is 16.5. The lowest BCUT2D eigenvalue weighted by Crippen LogP contribution is -2.42. The molecule has 5 heteroatoms. The Morgan fingerprint density at radius 3 is 2.43 bits per heavy atom. The van der Waals surface area contributed by atoms with E-state index in [2.05, 4.69) is 67.2 Å². The SMILES string of the molecule is CCC(C)(C)S(=O)N[C@H](c1ccccc1-c1ccc(Cl)cc1)C1CCNCC1. The van der Waals surface area contributed by atoms with Crippen LogP contribution in [0, 0.1) is 5.92 Å². The van der Waals surface area contributed by atoms with Crippen molar-refractivity contribution in [1.82, 2.24) is 10.0 Å². The summed E-state index contributed by atoms with van der Waals surface area (Å²) in [5.41, 5.74) is 3.54. The van der Waals surface area contributed by atoms with Crippen LogP contribution < -0.4 is 10.0 Å². The van der Waals surface area contributed by atoms with Gasteiger partial charge in [0.25, 0.3) is 0 Å². The molecule has 1 aliphatic rings. The van der Waals surface area contributed by atoms with Crippen LogP contribution in [0.15, 0.2) is 48.5 Å². The Bertz CT molecular complexity index is 801. The van der Waals surface area contributed by atoms with Gasteiger partial charge in [0.2, 0.25) is 0 Å². The van der Waals surface area contributed by atoms with Gasteiger partial charge in [-0.25, -0.2) is 8.93 Å². The quantitative estimate of drug-likeness (QED) is 0.624. The second kappa shape index (κ2) is 9.53. The van der Waals surface area contributed by atoms with E-state index in [0.29, 0.717) is 5.92 Å². The Labute approximate surface area is 176 Å². The summed E-state index contributed by atoms with van der Waals surface area (Å²) < 4.78 is 16.5. The molecule has 3 nitrogen and oxygen atoms in total. The second-order valence-electron chi connectivity index (χ2n) is 8.16. The predicted octanol–water partition coefficient (Wildman–Crippen LogP) is 5.49. The van der Waals surface area contributed by atoms with Gasteiger partial charge in [0.1, 0.15) is 0 Å². The number of piperidine rings is 1. The summed E-state index contributed by atoms with van der Waals surface area (Å²) in [6.07, 6.45) is 3.02. The van der Waals surface area contributed by atoms with Crippen LogP contribution in [-0.2, 0) is 11.0 Å². The van der Waals surface area contributed by atoms with E-state index >= 15 is 0 Å². The molecule has 1 saturated heterocycles. The molecule has 1 fully saturated rings. The van der Waals surface area contributed by atoms with Gasteiger partial charge in [0.05, 0.1) is 15.7 Å². The third kappa shape index (κ3) is 5.04. The molecule has 1 unspecified atom stereocenters. The van der Waals surface area contributed by atoms with Crippen molar-refractivity contribution < 1.29 is 4.21 Å². The molecular weight excluding hydrogens is 388 g/mol. The maximum Gasteiger partial charge on any atom is 0.0978 e. The lowest BCUT2D eigenvalue weighted by Gasteiger charge is -2.35. The molecule has 1 heterocycles. The van der Waals surface area contributed by atoms with E-state index < -0.39 is 11.0 Å². The Balaban J connectivity index is 2.00.